The molecule has 0 radical (unpaired) electrons. The lowest BCUT2D eigenvalue weighted by Crippen LogP contribution is -2.46. The minimum atomic E-state index is -0.239. The van der Waals surface area contributed by atoms with Crippen LogP contribution in [0.5, 0.6) is 0 Å². The lowest BCUT2D eigenvalue weighted by molar-refractivity contribution is 0.0388. The number of ether oxygens (including phenoxy) is 1. The molecule has 210 valence electrons. The molecule has 0 spiro atoms. The Kier molecular flexibility index (Phi) is 8.30. The highest BCUT2D eigenvalue weighted by molar-refractivity contribution is 6.33. The van der Waals surface area contributed by atoms with E-state index in [9.17, 15) is 4.39 Å². The molecule has 0 unspecified atom stereocenters. The molecule has 0 bridgehead atoms. The van der Waals surface area contributed by atoms with Gasteiger partial charge in [-0.15, -0.1) is 0 Å². The fraction of sp³-hybridized carbons (Fsp3) is 0.419. The maximum atomic E-state index is 13.8. The second kappa shape index (κ2) is 12.2. The number of halogens is 2. The Morgan fingerprint density at radius 3 is 2.65 bits per heavy atom. The van der Waals surface area contributed by atoms with Crippen LogP contribution in [0.1, 0.15) is 31.2 Å². The SMILES string of the molecule is NC1CCC(N(CCN2CCOCC2)c2cc(-c3ccc4ncn(Cc5cccc(F)c5)c4c3)c(Cl)cn2)CC1. The number of benzene rings is 2. The third-order valence-corrected chi connectivity index (χ3v) is 8.55. The highest BCUT2D eigenvalue weighted by atomic mass is 35.5. The van der Waals surface area contributed by atoms with Crippen molar-refractivity contribution in [1.82, 2.24) is 19.4 Å². The van der Waals surface area contributed by atoms with Gasteiger partial charge in [0.05, 0.1) is 35.6 Å². The van der Waals surface area contributed by atoms with E-state index in [1.54, 1.807) is 24.7 Å². The Balaban J connectivity index is 1.30. The van der Waals surface area contributed by atoms with Crippen molar-refractivity contribution >= 4 is 28.5 Å². The van der Waals surface area contributed by atoms with Crippen molar-refractivity contribution in [2.45, 2.75) is 44.3 Å². The molecule has 2 fully saturated rings. The summed E-state index contributed by atoms with van der Waals surface area (Å²) in [6.07, 6.45) is 7.78. The number of hydrogen-bond donors (Lipinski definition) is 1. The first-order valence-electron chi connectivity index (χ1n) is 14.2. The number of pyridine rings is 1. The van der Waals surface area contributed by atoms with Crippen LogP contribution >= 0.6 is 11.6 Å². The summed E-state index contributed by atoms with van der Waals surface area (Å²) in [7, 11) is 0. The Hall–Kier alpha value is -3.04. The zero-order valence-corrected chi connectivity index (χ0v) is 23.4. The van der Waals surface area contributed by atoms with Crippen molar-refractivity contribution in [3.05, 3.63) is 77.5 Å². The maximum absolute atomic E-state index is 13.8. The van der Waals surface area contributed by atoms with E-state index in [0.717, 1.165) is 98.6 Å². The van der Waals surface area contributed by atoms with Crippen molar-refractivity contribution in [3.8, 4) is 11.1 Å². The molecule has 1 saturated heterocycles. The zero-order chi connectivity index (χ0) is 27.5. The minimum Gasteiger partial charge on any atom is -0.379 e. The standard InChI is InChI=1S/C31H36ClFN6O/c32-28-19-35-31(39(26-7-5-25(34)6-8-26)11-10-37-12-14-40-15-13-37)18-27(28)23-4-9-29-30(17-23)38(21-36-29)20-22-2-1-3-24(33)16-22/h1-4,9,16-19,21,25-26H,5-8,10-15,20,34H2. The summed E-state index contributed by atoms with van der Waals surface area (Å²) >= 11 is 6.77. The molecule has 2 aromatic carbocycles. The van der Waals surface area contributed by atoms with Crippen LogP contribution in [-0.2, 0) is 11.3 Å². The molecule has 0 amide bonds. The van der Waals surface area contributed by atoms with E-state index in [1.165, 1.54) is 6.07 Å². The van der Waals surface area contributed by atoms with Crippen LogP contribution in [0.25, 0.3) is 22.2 Å². The number of aromatic nitrogens is 3. The molecule has 4 aromatic rings. The molecular formula is C31H36ClFN6O. The van der Waals surface area contributed by atoms with Crippen LogP contribution in [-0.4, -0.2) is 70.9 Å². The molecule has 0 atom stereocenters. The Morgan fingerprint density at radius 2 is 1.85 bits per heavy atom. The zero-order valence-electron chi connectivity index (χ0n) is 22.7. The molecule has 1 aliphatic carbocycles. The third-order valence-electron chi connectivity index (χ3n) is 8.25. The number of morpholine rings is 1. The van der Waals surface area contributed by atoms with Gasteiger partial charge in [0, 0.05) is 56.6 Å². The first-order valence-corrected chi connectivity index (χ1v) is 14.6. The number of rotatable bonds is 8. The number of fused-ring (bicyclic) bond motifs is 1. The summed E-state index contributed by atoms with van der Waals surface area (Å²) < 4.78 is 21.4. The average Bonchev–Trinajstić information content (AvgIpc) is 3.37. The summed E-state index contributed by atoms with van der Waals surface area (Å²) in [6.45, 7) is 5.91. The number of nitrogens with zero attached hydrogens (tertiary/aromatic N) is 5. The van der Waals surface area contributed by atoms with E-state index >= 15 is 0 Å². The minimum absolute atomic E-state index is 0.239. The fourth-order valence-corrected chi connectivity index (χ4v) is 6.17. The van der Waals surface area contributed by atoms with Crippen LogP contribution in [0.15, 0.2) is 61.1 Å². The van der Waals surface area contributed by atoms with Gasteiger partial charge in [-0.1, -0.05) is 29.8 Å². The van der Waals surface area contributed by atoms with Gasteiger partial charge in [-0.3, -0.25) is 4.90 Å². The number of nitrogens with two attached hydrogens (primary N) is 1. The Labute approximate surface area is 239 Å². The number of hydrogen-bond acceptors (Lipinski definition) is 6. The van der Waals surface area contributed by atoms with Crippen LogP contribution in [0, 0.1) is 5.82 Å². The van der Waals surface area contributed by atoms with E-state index < -0.39 is 0 Å². The van der Waals surface area contributed by atoms with Gasteiger partial charge >= 0.3 is 0 Å². The molecule has 1 aliphatic heterocycles. The van der Waals surface area contributed by atoms with E-state index in [1.807, 2.05) is 16.7 Å². The molecule has 2 aromatic heterocycles. The van der Waals surface area contributed by atoms with Gasteiger partial charge in [-0.2, -0.15) is 0 Å². The van der Waals surface area contributed by atoms with E-state index in [-0.39, 0.29) is 11.9 Å². The van der Waals surface area contributed by atoms with E-state index in [4.69, 9.17) is 27.1 Å². The van der Waals surface area contributed by atoms with Gasteiger partial charge in [0.1, 0.15) is 11.6 Å². The molecular weight excluding hydrogens is 527 g/mol. The maximum Gasteiger partial charge on any atom is 0.129 e. The third kappa shape index (κ3) is 6.15. The van der Waals surface area contributed by atoms with Crippen molar-refractivity contribution in [3.63, 3.8) is 0 Å². The summed E-state index contributed by atoms with van der Waals surface area (Å²) in [5.74, 6) is 0.707. The van der Waals surface area contributed by atoms with Gasteiger partial charge in [-0.05, 0) is 67.1 Å². The van der Waals surface area contributed by atoms with Crippen LogP contribution in [0.3, 0.4) is 0 Å². The van der Waals surface area contributed by atoms with Crippen LogP contribution in [0.4, 0.5) is 10.2 Å². The number of anilines is 1. The second-order valence-electron chi connectivity index (χ2n) is 10.9. The molecule has 9 heteroatoms. The van der Waals surface area contributed by atoms with Gasteiger partial charge in [0.15, 0.2) is 0 Å². The topological polar surface area (TPSA) is 72.4 Å². The Morgan fingerprint density at radius 1 is 1.02 bits per heavy atom. The van der Waals surface area contributed by atoms with Gasteiger partial charge in [0.25, 0.3) is 0 Å². The van der Waals surface area contributed by atoms with Gasteiger partial charge < -0.3 is 19.9 Å². The van der Waals surface area contributed by atoms with Crippen molar-refractivity contribution in [2.75, 3.05) is 44.3 Å². The summed E-state index contributed by atoms with van der Waals surface area (Å²) in [6, 6.07) is 15.7. The predicted molar refractivity (Wildman–Crippen MR) is 158 cm³/mol. The number of imidazole rings is 1. The summed E-state index contributed by atoms with van der Waals surface area (Å²) in [5.41, 5.74) is 10.9. The molecule has 1 saturated carbocycles. The fourth-order valence-electron chi connectivity index (χ4n) is 5.96. The predicted octanol–water partition coefficient (Wildman–Crippen LogP) is 5.35. The van der Waals surface area contributed by atoms with E-state index in [0.29, 0.717) is 17.6 Å². The Bertz CT molecular complexity index is 1450. The molecule has 7 nitrogen and oxygen atoms in total. The van der Waals surface area contributed by atoms with Crippen molar-refractivity contribution in [1.29, 1.82) is 0 Å². The second-order valence-corrected chi connectivity index (χ2v) is 11.4. The summed E-state index contributed by atoms with van der Waals surface area (Å²) in [4.78, 5) is 14.3. The van der Waals surface area contributed by atoms with Crippen molar-refractivity contribution < 1.29 is 9.13 Å². The van der Waals surface area contributed by atoms with Crippen LogP contribution in [0.2, 0.25) is 5.02 Å². The lowest BCUT2D eigenvalue weighted by atomic mass is 9.90. The molecule has 2 N–H and O–H groups in total. The largest absolute Gasteiger partial charge is 0.379 e. The summed E-state index contributed by atoms with van der Waals surface area (Å²) in [5, 5.41) is 0.609. The lowest BCUT2D eigenvalue weighted by Gasteiger charge is -2.38. The monoisotopic (exact) mass is 562 g/mol. The average molecular weight is 563 g/mol. The van der Waals surface area contributed by atoms with Gasteiger partial charge in [-0.25, -0.2) is 14.4 Å². The van der Waals surface area contributed by atoms with E-state index in [2.05, 4.69) is 33.0 Å². The van der Waals surface area contributed by atoms with Crippen LogP contribution < -0.4 is 10.6 Å². The quantitative estimate of drug-likeness (QED) is 0.312. The first-order chi connectivity index (χ1) is 19.5. The normalized spacial score (nSPS) is 20.2. The first kappa shape index (κ1) is 27.1. The molecule has 6 rings (SSSR count). The smallest absolute Gasteiger partial charge is 0.129 e. The van der Waals surface area contributed by atoms with Gasteiger partial charge in [0.2, 0.25) is 0 Å². The van der Waals surface area contributed by atoms with Crippen molar-refractivity contribution in [2.24, 2.45) is 5.73 Å². The highest BCUT2D eigenvalue weighted by Gasteiger charge is 2.26. The molecule has 40 heavy (non-hydrogen) atoms. The highest BCUT2D eigenvalue weighted by Crippen LogP contribution is 2.34. The molecule has 3 heterocycles. The molecule has 2 aliphatic rings.